The second kappa shape index (κ2) is 23.7. The van der Waals surface area contributed by atoms with Gasteiger partial charge in [-0.1, -0.05) is 70.5 Å². The molecule has 17 heteroatoms. The summed E-state index contributed by atoms with van der Waals surface area (Å²) in [6.07, 6.45) is 13.1. The summed E-state index contributed by atoms with van der Waals surface area (Å²) in [6, 6.07) is 15.1. The Kier molecular flexibility index (Phi) is 18.0. The van der Waals surface area contributed by atoms with Gasteiger partial charge in [-0.25, -0.2) is 29.6 Å². The van der Waals surface area contributed by atoms with Crippen LogP contribution in [-0.2, 0) is 27.7 Å². The Labute approximate surface area is 410 Å². The van der Waals surface area contributed by atoms with E-state index in [0.29, 0.717) is 48.8 Å². The first-order valence-corrected chi connectivity index (χ1v) is 31.6. The molecule has 4 heterocycles. The van der Waals surface area contributed by atoms with Crippen LogP contribution in [0.5, 0.6) is 0 Å². The quantitative estimate of drug-likeness (QED) is 0.0280. The highest BCUT2D eigenvalue weighted by Crippen LogP contribution is 2.36. The summed E-state index contributed by atoms with van der Waals surface area (Å²) >= 11 is 0. The second-order valence-corrected chi connectivity index (χ2v) is 31.8. The lowest BCUT2D eigenvalue weighted by Crippen LogP contribution is -2.52. The second-order valence-electron chi connectivity index (χ2n) is 20.5. The molecule has 0 spiro atoms. The Morgan fingerprint density at radius 3 is 1.52 bits per heavy atom. The van der Waals surface area contributed by atoms with Crippen LogP contribution in [0.4, 0.5) is 23.3 Å². The van der Waals surface area contributed by atoms with Gasteiger partial charge in [0.05, 0.1) is 24.5 Å². The van der Waals surface area contributed by atoms with Gasteiger partial charge in [-0.05, 0) is 88.3 Å². The van der Waals surface area contributed by atoms with Crippen molar-refractivity contribution < 1.29 is 14.3 Å². The minimum Gasteiger partial charge on any atom is -0.361 e. The number of anilines is 2. The summed E-state index contributed by atoms with van der Waals surface area (Å²) in [6.45, 7) is 40.0. The van der Waals surface area contributed by atoms with Crippen molar-refractivity contribution in [1.29, 1.82) is 0 Å². The first-order valence-electron chi connectivity index (χ1n) is 24.2. The van der Waals surface area contributed by atoms with E-state index in [1.54, 1.807) is 0 Å². The normalized spacial score (nSPS) is 17.6. The Balaban J connectivity index is 0.000000215. The van der Waals surface area contributed by atoms with E-state index in [1.807, 2.05) is 62.6 Å². The van der Waals surface area contributed by atoms with Crippen LogP contribution in [0.1, 0.15) is 50.7 Å². The molecule has 6 aromatic rings. The van der Waals surface area contributed by atoms with Crippen molar-refractivity contribution in [3.05, 3.63) is 95.1 Å². The topological polar surface area (TPSA) is 168 Å². The number of carbonyl (C=O) groups is 1. The van der Waals surface area contributed by atoms with Gasteiger partial charge < -0.3 is 45.1 Å². The van der Waals surface area contributed by atoms with Gasteiger partial charge in [0, 0.05) is 111 Å². The molecule has 0 unspecified atom stereocenters. The average molecular weight is 969 g/mol. The number of nitrogens with two attached hydrogens (primary N) is 1. The summed E-state index contributed by atoms with van der Waals surface area (Å²) in [4.78, 5) is 34.9. The first kappa shape index (κ1) is 52.6. The average Bonchev–Trinajstić information content (AvgIpc) is 3.86. The first-order chi connectivity index (χ1) is 32.9. The predicted molar refractivity (Wildman–Crippen MR) is 287 cm³/mol. The molecule has 4 atom stereocenters. The maximum atomic E-state index is 8.81. The summed E-state index contributed by atoms with van der Waals surface area (Å²) in [7, 11) is -2.30. The number of hydrogen-bond donors (Lipinski definition) is 4. The van der Waals surface area contributed by atoms with E-state index in [-0.39, 0.29) is 12.1 Å². The van der Waals surface area contributed by atoms with Crippen LogP contribution >= 0.6 is 0 Å². The van der Waals surface area contributed by atoms with Crippen molar-refractivity contribution in [2.75, 3.05) is 30.4 Å². The Morgan fingerprint density at radius 1 is 0.725 bits per heavy atom. The lowest BCUT2D eigenvalue weighted by atomic mass is 9.86. The molecule has 2 aromatic carbocycles. The Hall–Kier alpha value is -5.80. The monoisotopic (exact) mass is 969 g/mol. The fraction of sp³-hybridized carbons (Fsp3) is 0.481. The van der Waals surface area contributed by atoms with E-state index < -0.39 is 16.1 Å². The minimum absolute atomic E-state index is 0.158. The highest BCUT2D eigenvalue weighted by atomic mass is 28.3. The zero-order chi connectivity index (χ0) is 49.9. The fourth-order valence-corrected chi connectivity index (χ4v) is 9.67. The highest BCUT2D eigenvalue weighted by molar-refractivity contribution is 6.76. The van der Waals surface area contributed by atoms with Crippen molar-refractivity contribution in [2.45, 2.75) is 142 Å². The van der Waals surface area contributed by atoms with Crippen molar-refractivity contribution in [1.82, 2.24) is 34.4 Å². The third-order valence-electron chi connectivity index (χ3n) is 12.6. The van der Waals surface area contributed by atoms with E-state index in [0.717, 1.165) is 113 Å². The predicted octanol–water partition coefficient (Wildman–Crippen LogP) is 11.2. The van der Waals surface area contributed by atoms with Crippen molar-refractivity contribution in [3.8, 4) is 22.5 Å². The zero-order valence-corrected chi connectivity index (χ0v) is 44.3. The zero-order valence-electron chi connectivity index (χ0n) is 42.3. The molecule has 0 aliphatic heterocycles. The molecule has 15 nitrogen and oxygen atoms in total. The molecular formula is C52H72N12O3Si2. The van der Waals surface area contributed by atoms with Crippen LogP contribution in [0.25, 0.3) is 54.0 Å². The van der Waals surface area contributed by atoms with Crippen molar-refractivity contribution in [3.63, 3.8) is 0 Å². The molecule has 8 rings (SSSR count). The van der Waals surface area contributed by atoms with Gasteiger partial charge in [0.2, 0.25) is 11.9 Å². The van der Waals surface area contributed by atoms with Crippen LogP contribution in [0.2, 0.25) is 51.4 Å². The molecule has 2 aliphatic carbocycles. The van der Waals surface area contributed by atoms with E-state index in [9.17, 15) is 0 Å². The number of rotatable bonds is 18. The third-order valence-corrected chi connectivity index (χ3v) is 16.0. The minimum atomic E-state index is -1.15. The molecule has 5 N–H and O–H groups in total. The number of benzene rings is 2. The van der Waals surface area contributed by atoms with Crippen LogP contribution in [0.3, 0.4) is 0 Å². The SMILES string of the molecule is CC=O.[C-]#[N+]c1ccc2c(-c3nc(N[C@H]4CC[C@@H]4N)ncc3C)cn(COCC[Si](C)(C)C)c2c1.[C-]#[N+]c1ccc2c(-c3nc(N[C@H]4CC[C@@H]4NCC)ncc3C)cn(COCC[Si](C)(C)C)c2c1. The molecule has 0 saturated heterocycles. The number of nitrogens with zero attached hydrogens (tertiary/aromatic N) is 8. The van der Waals surface area contributed by atoms with Gasteiger partial charge >= 0.3 is 0 Å². The standard InChI is InChI=1S/C26H36N6OSi.C24H32N6OSi.C2H4O/c1-7-28-22-10-11-23(22)30-26-29-15-18(2)25(31-26)21-16-32(17-33-12-13-34(4,5)6)24-14-19(27-3)8-9-20(21)24;1-16-13-27-24(28-21-9-8-20(21)25)29-23(16)19-14-30(15-31-10-11-32(3,4)5)22-12-17(26-2)6-7-18(19)22;1-2-3/h8-9,14-16,22-23,28H,7,10-13,17H2,1-2,4-6H3,(H,29,30,31);6-7,12-14,20-21H,8-11,15,25H2,1,3-5H3,(H,27,28,29);2H,1H3/t22-,23-;20-,21-;/m00./s1. The van der Waals surface area contributed by atoms with Crippen molar-refractivity contribution in [2.24, 2.45) is 5.73 Å². The van der Waals surface area contributed by atoms with E-state index in [2.05, 4.69) is 103 Å². The number of aromatic nitrogens is 6. The van der Waals surface area contributed by atoms with Crippen molar-refractivity contribution >= 4 is 67.5 Å². The van der Waals surface area contributed by atoms with E-state index in [1.165, 1.54) is 13.3 Å². The number of likely N-dealkylation sites (N-methyl/N-ethyl adjacent to an activating group) is 1. The van der Waals surface area contributed by atoms with Crippen LogP contribution in [0, 0.1) is 27.0 Å². The van der Waals surface area contributed by atoms with Gasteiger partial charge in [-0.15, -0.1) is 0 Å². The molecule has 366 valence electrons. The number of nitrogens with one attached hydrogen (secondary N) is 3. The third kappa shape index (κ3) is 13.9. The molecule has 69 heavy (non-hydrogen) atoms. The maximum absolute atomic E-state index is 8.81. The fourth-order valence-electron chi connectivity index (χ4n) is 8.16. The van der Waals surface area contributed by atoms with Crippen LogP contribution in [0.15, 0.2) is 61.2 Å². The lowest BCUT2D eigenvalue weighted by molar-refractivity contribution is -0.106. The molecule has 2 fully saturated rings. The molecule has 2 saturated carbocycles. The molecule has 0 radical (unpaired) electrons. The van der Waals surface area contributed by atoms with Crippen LogP contribution in [-0.4, -0.2) is 95.4 Å². The maximum Gasteiger partial charge on any atom is 0.223 e. The summed E-state index contributed by atoms with van der Waals surface area (Å²) in [5, 5.41) is 12.6. The number of hydrogen-bond acceptors (Lipinski definition) is 11. The number of carbonyl (C=O) groups excluding carboxylic acids is 1. The van der Waals surface area contributed by atoms with Gasteiger partial charge in [0.1, 0.15) is 19.7 Å². The molecule has 4 aromatic heterocycles. The number of aldehydes is 1. The van der Waals surface area contributed by atoms with E-state index >= 15 is 0 Å². The Bertz CT molecular complexity index is 2780. The lowest BCUT2D eigenvalue weighted by Gasteiger charge is -2.37. The molecule has 0 bridgehead atoms. The van der Waals surface area contributed by atoms with Gasteiger partial charge in [0.15, 0.2) is 11.4 Å². The highest BCUT2D eigenvalue weighted by Gasteiger charge is 2.31. The van der Waals surface area contributed by atoms with Gasteiger partial charge in [0.25, 0.3) is 0 Å². The van der Waals surface area contributed by atoms with Gasteiger partial charge in [-0.3, -0.25) is 0 Å². The van der Waals surface area contributed by atoms with Crippen LogP contribution < -0.4 is 21.7 Å². The largest absolute Gasteiger partial charge is 0.361 e. The molecule has 0 amide bonds. The number of fused-ring (bicyclic) bond motifs is 2. The number of ether oxygens (including phenoxy) is 2. The molecule has 2 aliphatic rings. The Morgan fingerprint density at radius 2 is 1.16 bits per heavy atom. The summed E-state index contributed by atoms with van der Waals surface area (Å²) in [5.41, 5.74) is 15.2. The molecular weight excluding hydrogens is 897 g/mol. The summed E-state index contributed by atoms with van der Waals surface area (Å²) < 4.78 is 16.3. The smallest absolute Gasteiger partial charge is 0.223 e. The van der Waals surface area contributed by atoms with E-state index in [4.69, 9.17) is 43.1 Å². The van der Waals surface area contributed by atoms with Gasteiger partial charge in [-0.2, -0.15) is 0 Å². The summed E-state index contributed by atoms with van der Waals surface area (Å²) in [5.74, 6) is 1.27. The number of aryl methyl sites for hydroxylation is 2.